The Hall–Kier alpha value is -2.69. The first-order valence-electron chi connectivity index (χ1n) is 7.46. The SMILES string of the molecule is Cc1cc(/C=C/C(=O)c2cccc([N+](=O)[O-])c2)c(C)n1C(C)C. The zero-order chi connectivity index (χ0) is 17.1. The van der Waals surface area contributed by atoms with Gasteiger partial charge in [-0.25, -0.2) is 0 Å². The lowest BCUT2D eigenvalue weighted by Crippen LogP contribution is -2.04. The predicted molar refractivity (Wildman–Crippen MR) is 90.8 cm³/mol. The molecule has 1 aromatic carbocycles. The lowest BCUT2D eigenvalue weighted by atomic mass is 10.1. The van der Waals surface area contributed by atoms with Crippen molar-refractivity contribution in [1.29, 1.82) is 0 Å². The summed E-state index contributed by atoms with van der Waals surface area (Å²) in [5.74, 6) is -0.247. The first-order valence-corrected chi connectivity index (χ1v) is 7.46. The average Bonchev–Trinajstić information content (AvgIpc) is 2.79. The van der Waals surface area contributed by atoms with Gasteiger partial charge in [-0.05, 0) is 51.5 Å². The molecule has 0 fully saturated rings. The fraction of sp³-hybridized carbons (Fsp3) is 0.278. The van der Waals surface area contributed by atoms with Gasteiger partial charge in [-0.2, -0.15) is 0 Å². The number of non-ortho nitro benzene ring substituents is 1. The van der Waals surface area contributed by atoms with Crippen molar-refractivity contribution in [1.82, 2.24) is 4.57 Å². The van der Waals surface area contributed by atoms with Gasteiger partial charge >= 0.3 is 0 Å². The summed E-state index contributed by atoms with van der Waals surface area (Å²) in [7, 11) is 0. The Bertz CT molecular complexity index is 786. The van der Waals surface area contributed by atoms with E-state index < -0.39 is 4.92 Å². The standard InChI is InChI=1S/C18H20N2O3/c1-12(2)19-13(3)10-15(14(19)4)8-9-18(21)16-6-5-7-17(11-16)20(22)23/h5-12H,1-4H3/b9-8+. The molecule has 0 radical (unpaired) electrons. The summed E-state index contributed by atoms with van der Waals surface area (Å²) in [6.45, 7) is 8.28. The second kappa shape index (κ2) is 6.60. The van der Waals surface area contributed by atoms with Crippen molar-refractivity contribution in [2.24, 2.45) is 0 Å². The molecule has 0 bridgehead atoms. The maximum Gasteiger partial charge on any atom is 0.270 e. The molecule has 5 heteroatoms. The number of carbonyl (C=O) groups excluding carboxylic acids is 1. The molecule has 23 heavy (non-hydrogen) atoms. The number of ketones is 1. The Morgan fingerprint density at radius 3 is 2.52 bits per heavy atom. The summed E-state index contributed by atoms with van der Waals surface area (Å²) in [4.78, 5) is 22.5. The van der Waals surface area contributed by atoms with Crippen molar-refractivity contribution in [2.45, 2.75) is 33.7 Å². The average molecular weight is 312 g/mol. The number of hydrogen-bond acceptors (Lipinski definition) is 3. The van der Waals surface area contributed by atoms with Crippen LogP contribution in [0.2, 0.25) is 0 Å². The van der Waals surface area contributed by atoms with Crippen molar-refractivity contribution in [3.8, 4) is 0 Å². The zero-order valence-electron chi connectivity index (χ0n) is 13.7. The van der Waals surface area contributed by atoms with E-state index in [0.29, 0.717) is 11.6 Å². The number of nitro benzene ring substituents is 1. The Labute approximate surface area is 135 Å². The molecule has 2 rings (SSSR count). The van der Waals surface area contributed by atoms with Crippen molar-refractivity contribution < 1.29 is 9.72 Å². The van der Waals surface area contributed by atoms with E-state index in [2.05, 4.69) is 18.4 Å². The third-order valence-corrected chi connectivity index (χ3v) is 3.80. The maximum absolute atomic E-state index is 12.2. The van der Waals surface area contributed by atoms with Gasteiger partial charge in [0.15, 0.2) is 5.78 Å². The highest BCUT2D eigenvalue weighted by molar-refractivity contribution is 6.07. The van der Waals surface area contributed by atoms with Gasteiger partial charge < -0.3 is 4.57 Å². The smallest absolute Gasteiger partial charge is 0.270 e. The summed E-state index contributed by atoms with van der Waals surface area (Å²) in [5, 5.41) is 10.8. The van der Waals surface area contributed by atoms with Gasteiger partial charge in [0.1, 0.15) is 0 Å². The second-order valence-corrected chi connectivity index (χ2v) is 5.80. The molecule has 0 spiro atoms. The molecular weight excluding hydrogens is 292 g/mol. The minimum absolute atomic E-state index is 0.0813. The number of nitrogens with zero attached hydrogens (tertiary/aromatic N) is 2. The number of hydrogen-bond donors (Lipinski definition) is 0. The predicted octanol–water partition coefficient (Wildman–Crippen LogP) is 4.49. The van der Waals surface area contributed by atoms with Crippen LogP contribution < -0.4 is 0 Å². The number of rotatable bonds is 5. The van der Waals surface area contributed by atoms with E-state index in [1.54, 1.807) is 12.1 Å². The largest absolute Gasteiger partial charge is 0.346 e. The number of benzene rings is 1. The molecule has 120 valence electrons. The Morgan fingerprint density at radius 2 is 1.96 bits per heavy atom. The molecule has 0 saturated heterocycles. The van der Waals surface area contributed by atoms with Crippen LogP contribution in [0.1, 0.15) is 47.2 Å². The number of carbonyl (C=O) groups is 1. The number of allylic oxidation sites excluding steroid dienone is 1. The van der Waals surface area contributed by atoms with Gasteiger partial charge in [0.05, 0.1) is 4.92 Å². The van der Waals surface area contributed by atoms with E-state index in [1.165, 1.54) is 24.3 Å². The second-order valence-electron chi connectivity index (χ2n) is 5.80. The molecule has 0 amide bonds. The van der Waals surface area contributed by atoms with Gasteiger partial charge in [0, 0.05) is 35.1 Å². The lowest BCUT2D eigenvalue weighted by molar-refractivity contribution is -0.384. The van der Waals surface area contributed by atoms with E-state index in [1.807, 2.05) is 19.9 Å². The number of aryl methyl sites for hydroxylation is 1. The lowest BCUT2D eigenvalue weighted by Gasteiger charge is -2.13. The van der Waals surface area contributed by atoms with Crippen molar-refractivity contribution in [3.05, 3.63) is 69.0 Å². The monoisotopic (exact) mass is 312 g/mol. The summed E-state index contributed by atoms with van der Waals surface area (Å²) in [6, 6.07) is 8.15. The van der Waals surface area contributed by atoms with Crippen LogP contribution in [0.4, 0.5) is 5.69 Å². The molecule has 0 aliphatic rings. The van der Waals surface area contributed by atoms with Gasteiger partial charge in [-0.1, -0.05) is 12.1 Å². The van der Waals surface area contributed by atoms with Crippen LogP contribution in [0.15, 0.2) is 36.4 Å². The first kappa shape index (κ1) is 16.7. The minimum Gasteiger partial charge on any atom is -0.346 e. The van der Waals surface area contributed by atoms with Crippen molar-refractivity contribution >= 4 is 17.5 Å². The Morgan fingerprint density at radius 1 is 1.26 bits per heavy atom. The van der Waals surface area contributed by atoms with Crippen LogP contribution in [-0.2, 0) is 0 Å². The van der Waals surface area contributed by atoms with E-state index in [4.69, 9.17) is 0 Å². The summed E-state index contributed by atoms with van der Waals surface area (Å²) >= 11 is 0. The van der Waals surface area contributed by atoms with Crippen LogP contribution in [-0.4, -0.2) is 15.3 Å². The van der Waals surface area contributed by atoms with Crippen LogP contribution in [0, 0.1) is 24.0 Å². The van der Waals surface area contributed by atoms with E-state index in [9.17, 15) is 14.9 Å². The molecule has 0 N–H and O–H groups in total. The highest BCUT2D eigenvalue weighted by atomic mass is 16.6. The zero-order valence-corrected chi connectivity index (χ0v) is 13.7. The van der Waals surface area contributed by atoms with Gasteiger partial charge in [0.2, 0.25) is 0 Å². The van der Waals surface area contributed by atoms with Crippen molar-refractivity contribution in [3.63, 3.8) is 0 Å². The molecule has 0 aliphatic carbocycles. The van der Waals surface area contributed by atoms with E-state index >= 15 is 0 Å². The third-order valence-electron chi connectivity index (χ3n) is 3.80. The maximum atomic E-state index is 12.2. The molecule has 1 heterocycles. The quantitative estimate of drug-likeness (QED) is 0.353. The van der Waals surface area contributed by atoms with Gasteiger partial charge in [0.25, 0.3) is 5.69 Å². The van der Waals surface area contributed by atoms with Crippen molar-refractivity contribution in [2.75, 3.05) is 0 Å². The van der Waals surface area contributed by atoms with Crippen LogP contribution in [0.25, 0.3) is 6.08 Å². The fourth-order valence-corrected chi connectivity index (χ4v) is 2.80. The highest BCUT2D eigenvalue weighted by Gasteiger charge is 2.11. The Kier molecular flexibility index (Phi) is 4.79. The normalized spacial score (nSPS) is 11.3. The first-order chi connectivity index (χ1) is 10.8. The fourth-order valence-electron chi connectivity index (χ4n) is 2.80. The summed E-state index contributed by atoms with van der Waals surface area (Å²) in [6.07, 6.45) is 3.23. The molecule has 5 nitrogen and oxygen atoms in total. The number of aromatic nitrogens is 1. The van der Waals surface area contributed by atoms with Gasteiger partial charge in [-0.15, -0.1) is 0 Å². The van der Waals surface area contributed by atoms with Crippen LogP contribution in [0.3, 0.4) is 0 Å². The molecule has 0 saturated carbocycles. The number of nitro groups is 1. The van der Waals surface area contributed by atoms with E-state index in [0.717, 1.165) is 17.0 Å². The molecule has 0 atom stereocenters. The molecule has 0 aliphatic heterocycles. The molecule has 0 unspecified atom stereocenters. The molecule has 2 aromatic rings. The van der Waals surface area contributed by atoms with Crippen LogP contribution >= 0.6 is 0 Å². The summed E-state index contributed by atoms with van der Waals surface area (Å²) in [5.41, 5.74) is 3.45. The topological polar surface area (TPSA) is 65.1 Å². The Balaban J connectivity index is 2.27. The molecular formula is C18H20N2O3. The van der Waals surface area contributed by atoms with Gasteiger partial charge in [-0.3, -0.25) is 14.9 Å². The summed E-state index contributed by atoms with van der Waals surface area (Å²) < 4.78 is 2.21. The third kappa shape index (κ3) is 3.56. The van der Waals surface area contributed by atoms with Crippen LogP contribution in [0.5, 0.6) is 0 Å². The van der Waals surface area contributed by atoms with E-state index in [-0.39, 0.29) is 11.5 Å². The molecule has 1 aromatic heterocycles. The minimum atomic E-state index is -0.503. The highest BCUT2D eigenvalue weighted by Crippen LogP contribution is 2.21.